The first-order valence-corrected chi connectivity index (χ1v) is 6.53. The second kappa shape index (κ2) is 8.45. The molecule has 0 saturated carbocycles. The Bertz CT molecular complexity index is 454. The number of piperidine rings is 1. The van der Waals surface area contributed by atoms with Crippen LogP contribution >= 0.6 is 24.8 Å². The largest absolute Gasteiger partial charge is 0.348 e. The number of nitrogens with zero attached hydrogens (tertiary/aromatic N) is 1. The number of amides is 1. The first-order chi connectivity index (χ1) is 8.58. The van der Waals surface area contributed by atoms with Gasteiger partial charge in [0, 0.05) is 18.3 Å². The predicted octanol–water partition coefficient (Wildman–Crippen LogP) is 2.27. The van der Waals surface area contributed by atoms with E-state index in [2.05, 4.69) is 22.5 Å². The van der Waals surface area contributed by atoms with Gasteiger partial charge in [0.05, 0.1) is 11.3 Å². The average Bonchev–Trinajstić information content (AvgIpc) is 2.32. The van der Waals surface area contributed by atoms with E-state index < -0.39 is 0 Å². The van der Waals surface area contributed by atoms with Gasteiger partial charge in [-0.2, -0.15) is 0 Å². The Morgan fingerprint density at radius 2 is 2.05 bits per heavy atom. The number of rotatable bonds is 2. The molecule has 1 aromatic heterocycles. The van der Waals surface area contributed by atoms with Crippen LogP contribution in [0, 0.1) is 19.8 Å². The van der Waals surface area contributed by atoms with Gasteiger partial charge in [0.1, 0.15) is 0 Å². The van der Waals surface area contributed by atoms with E-state index in [0.717, 1.165) is 30.9 Å². The van der Waals surface area contributed by atoms with E-state index >= 15 is 0 Å². The molecule has 1 saturated heterocycles. The molecule has 6 heteroatoms. The minimum atomic E-state index is -0.0134. The van der Waals surface area contributed by atoms with Gasteiger partial charge in [-0.1, -0.05) is 6.92 Å². The summed E-state index contributed by atoms with van der Waals surface area (Å²) in [5.74, 6) is 0.509. The Labute approximate surface area is 132 Å². The summed E-state index contributed by atoms with van der Waals surface area (Å²) in [6, 6.07) is 3.95. The first kappa shape index (κ1) is 19.2. The van der Waals surface area contributed by atoms with E-state index in [9.17, 15) is 4.79 Å². The first-order valence-electron chi connectivity index (χ1n) is 6.53. The maximum atomic E-state index is 12.2. The maximum Gasteiger partial charge on any atom is 0.253 e. The van der Waals surface area contributed by atoms with Crippen LogP contribution < -0.4 is 10.6 Å². The van der Waals surface area contributed by atoms with Gasteiger partial charge in [0.25, 0.3) is 5.91 Å². The molecule has 0 aromatic carbocycles. The molecule has 2 N–H and O–H groups in total. The van der Waals surface area contributed by atoms with Crippen molar-refractivity contribution >= 4 is 30.7 Å². The lowest BCUT2D eigenvalue weighted by Crippen LogP contribution is -2.50. The Hall–Kier alpha value is -0.840. The topological polar surface area (TPSA) is 54.0 Å². The van der Waals surface area contributed by atoms with Crippen LogP contribution in [0.2, 0.25) is 0 Å². The Morgan fingerprint density at radius 1 is 1.35 bits per heavy atom. The van der Waals surface area contributed by atoms with Gasteiger partial charge in [-0.15, -0.1) is 24.8 Å². The number of hydrogen-bond donors (Lipinski definition) is 2. The number of nitrogens with one attached hydrogen (secondary N) is 2. The van der Waals surface area contributed by atoms with Crippen molar-refractivity contribution in [1.29, 1.82) is 0 Å². The van der Waals surface area contributed by atoms with Crippen LogP contribution in [0.5, 0.6) is 0 Å². The standard InChI is InChI=1S/C14H21N3O.2ClH/c1-9-6-7-15-8-13(9)17-14(18)12-5-4-10(2)16-11(12)3;;/h4-5,9,13,15H,6-8H2,1-3H3,(H,17,18);2*1H. The fraction of sp³-hybridized carbons (Fsp3) is 0.571. The fourth-order valence-corrected chi connectivity index (χ4v) is 2.36. The smallest absolute Gasteiger partial charge is 0.253 e. The monoisotopic (exact) mass is 319 g/mol. The van der Waals surface area contributed by atoms with E-state index in [-0.39, 0.29) is 36.8 Å². The number of carbonyl (C=O) groups excluding carboxylic acids is 1. The van der Waals surface area contributed by atoms with Gasteiger partial charge < -0.3 is 10.6 Å². The quantitative estimate of drug-likeness (QED) is 0.879. The predicted molar refractivity (Wildman–Crippen MR) is 86.1 cm³/mol. The third-order valence-corrected chi connectivity index (χ3v) is 3.61. The van der Waals surface area contributed by atoms with Gasteiger partial charge in [-0.25, -0.2) is 0 Å². The van der Waals surface area contributed by atoms with Crippen molar-refractivity contribution in [3.63, 3.8) is 0 Å². The van der Waals surface area contributed by atoms with Crippen LogP contribution in [0.1, 0.15) is 35.1 Å². The molecule has 1 aliphatic heterocycles. The molecule has 1 aliphatic rings. The number of hydrogen-bond acceptors (Lipinski definition) is 3. The van der Waals surface area contributed by atoms with Crippen molar-refractivity contribution < 1.29 is 4.79 Å². The lowest BCUT2D eigenvalue weighted by Gasteiger charge is -2.30. The molecule has 2 unspecified atom stereocenters. The van der Waals surface area contributed by atoms with Gasteiger partial charge in [0.2, 0.25) is 0 Å². The van der Waals surface area contributed by atoms with E-state index in [0.29, 0.717) is 11.5 Å². The third-order valence-electron chi connectivity index (χ3n) is 3.61. The van der Waals surface area contributed by atoms with Gasteiger partial charge in [0.15, 0.2) is 0 Å². The Morgan fingerprint density at radius 3 is 2.65 bits per heavy atom. The van der Waals surface area contributed by atoms with Crippen LogP contribution in [0.3, 0.4) is 0 Å². The second-order valence-corrected chi connectivity index (χ2v) is 5.14. The van der Waals surface area contributed by atoms with Crippen LogP contribution in [0.25, 0.3) is 0 Å². The maximum absolute atomic E-state index is 12.2. The summed E-state index contributed by atoms with van der Waals surface area (Å²) in [7, 11) is 0. The van der Waals surface area contributed by atoms with Crippen molar-refractivity contribution in [3.05, 3.63) is 29.1 Å². The minimum absolute atomic E-state index is 0. The SMILES string of the molecule is Cc1ccc(C(=O)NC2CNCCC2C)c(C)n1.Cl.Cl. The number of aryl methyl sites for hydroxylation is 2. The van der Waals surface area contributed by atoms with E-state index in [1.165, 1.54) is 0 Å². The van der Waals surface area contributed by atoms with Crippen molar-refractivity contribution in [3.8, 4) is 0 Å². The molecular formula is C14H23Cl2N3O. The molecule has 1 aromatic rings. The number of carbonyl (C=O) groups is 1. The molecule has 114 valence electrons. The van der Waals surface area contributed by atoms with Gasteiger partial charge >= 0.3 is 0 Å². The van der Waals surface area contributed by atoms with Crippen molar-refractivity contribution in [2.24, 2.45) is 5.92 Å². The van der Waals surface area contributed by atoms with Gasteiger partial charge in [-0.05, 0) is 44.9 Å². The Kier molecular flexibility index (Phi) is 8.09. The van der Waals surface area contributed by atoms with Gasteiger partial charge in [-0.3, -0.25) is 9.78 Å². The van der Waals surface area contributed by atoms with Crippen LogP contribution in [-0.4, -0.2) is 30.0 Å². The van der Waals surface area contributed by atoms with Crippen LogP contribution in [-0.2, 0) is 0 Å². The Balaban J connectivity index is 0.00000180. The molecule has 0 aliphatic carbocycles. The summed E-state index contributed by atoms with van der Waals surface area (Å²) < 4.78 is 0. The highest BCUT2D eigenvalue weighted by atomic mass is 35.5. The average molecular weight is 320 g/mol. The summed E-state index contributed by atoms with van der Waals surface area (Å²) in [6.07, 6.45) is 1.11. The molecule has 0 bridgehead atoms. The molecule has 1 fully saturated rings. The molecule has 0 radical (unpaired) electrons. The highest BCUT2D eigenvalue weighted by Gasteiger charge is 2.23. The fourth-order valence-electron chi connectivity index (χ4n) is 2.36. The highest BCUT2D eigenvalue weighted by molar-refractivity contribution is 5.95. The van der Waals surface area contributed by atoms with Crippen molar-refractivity contribution in [2.45, 2.75) is 33.2 Å². The van der Waals surface area contributed by atoms with E-state index in [1.54, 1.807) is 0 Å². The summed E-state index contributed by atoms with van der Waals surface area (Å²) in [5, 5.41) is 6.42. The van der Waals surface area contributed by atoms with Crippen molar-refractivity contribution in [2.75, 3.05) is 13.1 Å². The zero-order valence-corrected chi connectivity index (χ0v) is 13.7. The normalized spacial score (nSPS) is 21.4. The second-order valence-electron chi connectivity index (χ2n) is 5.14. The zero-order chi connectivity index (χ0) is 13.1. The summed E-state index contributed by atoms with van der Waals surface area (Å²) in [5.41, 5.74) is 2.42. The third kappa shape index (κ3) is 4.62. The molecule has 2 atom stereocenters. The molecule has 4 nitrogen and oxygen atoms in total. The number of pyridine rings is 1. The molecule has 20 heavy (non-hydrogen) atoms. The number of aromatic nitrogens is 1. The lowest BCUT2D eigenvalue weighted by molar-refractivity contribution is 0.0914. The molecule has 2 rings (SSSR count). The van der Waals surface area contributed by atoms with Crippen LogP contribution in [0.4, 0.5) is 0 Å². The lowest BCUT2D eigenvalue weighted by atomic mass is 9.94. The van der Waals surface area contributed by atoms with Crippen LogP contribution in [0.15, 0.2) is 12.1 Å². The summed E-state index contributed by atoms with van der Waals surface area (Å²) in [6.45, 7) is 7.89. The summed E-state index contributed by atoms with van der Waals surface area (Å²) >= 11 is 0. The molecular weight excluding hydrogens is 297 g/mol. The molecule has 2 heterocycles. The molecule has 1 amide bonds. The highest BCUT2D eigenvalue weighted by Crippen LogP contribution is 2.13. The minimum Gasteiger partial charge on any atom is -0.348 e. The number of halogens is 2. The van der Waals surface area contributed by atoms with E-state index in [4.69, 9.17) is 0 Å². The zero-order valence-electron chi connectivity index (χ0n) is 12.1. The summed E-state index contributed by atoms with van der Waals surface area (Å²) in [4.78, 5) is 16.5. The van der Waals surface area contributed by atoms with E-state index in [1.807, 2.05) is 26.0 Å². The van der Waals surface area contributed by atoms with Crippen molar-refractivity contribution in [1.82, 2.24) is 15.6 Å². The molecule has 0 spiro atoms.